The molecule has 0 saturated carbocycles. The Bertz CT molecular complexity index is 590. The van der Waals surface area contributed by atoms with Gasteiger partial charge < -0.3 is 5.32 Å². The number of fused-ring (bicyclic) bond motifs is 1. The largest absolute Gasteiger partial charge is 0.355 e. The molecule has 0 radical (unpaired) electrons. The number of anilines is 1. The summed E-state index contributed by atoms with van der Waals surface area (Å²) in [6.45, 7) is 2.10. The zero-order valence-corrected chi connectivity index (χ0v) is 12.3. The van der Waals surface area contributed by atoms with Crippen LogP contribution < -0.4 is 9.62 Å². The Hall–Kier alpha value is -1.21. The molecule has 4 nitrogen and oxygen atoms in total. The normalized spacial score (nSPS) is 17.1. The van der Waals surface area contributed by atoms with Gasteiger partial charge in [-0.1, -0.05) is 12.1 Å². The second-order valence-electron chi connectivity index (χ2n) is 4.88. The molecule has 0 bridgehead atoms. The third-order valence-corrected chi connectivity index (χ3v) is 5.09. The minimum Gasteiger partial charge on any atom is -0.313 e. The molecule has 0 spiro atoms. The average Bonchev–Trinajstić information content (AvgIpc) is 2.44. The van der Waals surface area contributed by atoms with E-state index in [4.69, 9.17) is 0 Å². The highest BCUT2D eigenvalue weighted by Gasteiger charge is 2.34. The Morgan fingerprint density at radius 3 is 2.65 bits per heavy atom. The molecule has 1 aromatic carbocycles. The number of hydrogen-bond donors (Lipinski definition) is 1. The van der Waals surface area contributed by atoms with Crippen LogP contribution in [0.4, 0.5) is 14.5 Å². The maximum atomic E-state index is 12.7. The first kappa shape index (κ1) is 15.2. The van der Waals surface area contributed by atoms with E-state index in [1.165, 1.54) is 0 Å². The molecular formula is C13H18F2N2O2S. The van der Waals surface area contributed by atoms with Crippen LogP contribution in [-0.4, -0.2) is 27.8 Å². The van der Waals surface area contributed by atoms with Gasteiger partial charge in [0, 0.05) is 12.6 Å². The lowest BCUT2D eigenvalue weighted by molar-refractivity contribution is 0.234. The standard InChI is InChI=1S/C13H18F2N2O2S/c1-9(16-2)10-5-6-12-11(8-10)4-3-7-17(12)20(18,19)13(14)15/h5-6,8-9,13,16H,3-4,7H2,1-2H3. The van der Waals surface area contributed by atoms with E-state index in [0.29, 0.717) is 18.5 Å². The fourth-order valence-corrected chi connectivity index (χ4v) is 3.41. The first-order valence-electron chi connectivity index (χ1n) is 6.47. The molecule has 1 heterocycles. The van der Waals surface area contributed by atoms with E-state index >= 15 is 0 Å². The van der Waals surface area contributed by atoms with E-state index in [-0.39, 0.29) is 12.6 Å². The predicted molar refractivity (Wildman–Crippen MR) is 74.5 cm³/mol. The number of sulfonamides is 1. The van der Waals surface area contributed by atoms with Crippen molar-refractivity contribution in [3.8, 4) is 0 Å². The molecule has 1 aliphatic heterocycles. The summed E-state index contributed by atoms with van der Waals surface area (Å²) in [7, 11) is -2.74. The summed E-state index contributed by atoms with van der Waals surface area (Å²) in [5.74, 6) is -3.38. The van der Waals surface area contributed by atoms with Crippen molar-refractivity contribution >= 4 is 15.7 Å². The van der Waals surface area contributed by atoms with Gasteiger partial charge in [-0.15, -0.1) is 0 Å². The van der Waals surface area contributed by atoms with E-state index in [2.05, 4.69) is 5.32 Å². The highest BCUT2D eigenvalue weighted by molar-refractivity contribution is 7.93. The van der Waals surface area contributed by atoms with E-state index in [0.717, 1.165) is 15.4 Å². The third-order valence-electron chi connectivity index (χ3n) is 3.64. The third kappa shape index (κ3) is 2.64. The molecule has 20 heavy (non-hydrogen) atoms. The minimum absolute atomic E-state index is 0.112. The Labute approximate surface area is 117 Å². The predicted octanol–water partition coefficient (Wildman–Crippen LogP) is 2.27. The molecule has 7 heteroatoms. The summed E-state index contributed by atoms with van der Waals surface area (Å²) in [6, 6.07) is 5.42. The van der Waals surface area contributed by atoms with E-state index < -0.39 is 15.8 Å². The van der Waals surface area contributed by atoms with Gasteiger partial charge in [0.2, 0.25) is 0 Å². The maximum Gasteiger partial charge on any atom is 0.355 e. The van der Waals surface area contributed by atoms with Gasteiger partial charge in [0.15, 0.2) is 0 Å². The fourth-order valence-electron chi connectivity index (χ4n) is 2.38. The molecule has 2 rings (SSSR count). The smallest absolute Gasteiger partial charge is 0.313 e. The van der Waals surface area contributed by atoms with Crippen LogP contribution in [-0.2, 0) is 16.4 Å². The highest BCUT2D eigenvalue weighted by atomic mass is 32.2. The average molecular weight is 304 g/mol. The summed E-state index contributed by atoms with van der Waals surface area (Å²) in [5.41, 5.74) is 2.20. The summed E-state index contributed by atoms with van der Waals surface area (Å²) < 4.78 is 49.6. The van der Waals surface area contributed by atoms with Crippen LogP contribution in [0.5, 0.6) is 0 Å². The molecule has 112 valence electrons. The second kappa shape index (κ2) is 5.65. The Morgan fingerprint density at radius 1 is 1.35 bits per heavy atom. The number of nitrogens with one attached hydrogen (secondary N) is 1. The monoisotopic (exact) mass is 304 g/mol. The number of benzene rings is 1. The van der Waals surface area contributed by atoms with Crippen LogP contribution in [0.2, 0.25) is 0 Å². The van der Waals surface area contributed by atoms with Crippen LogP contribution in [0.25, 0.3) is 0 Å². The van der Waals surface area contributed by atoms with Gasteiger partial charge >= 0.3 is 5.76 Å². The number of alkyl halides is 2. The van der Waals surface area contributed by atoms with Crippen molar-refractivity contribution < 1.29 is 17.2 Å². The molecule has 0 amide bonds. The van der Waals surface area contributed by atoms with Crippen LogP contribution in [0, 0.1) is 0 Å². The SMILES string of the molecule is CNC(C)c1ccc2c(c1)CCCN2S(=O)(=O)C(F)F. The lowest BCUT2D eigenvalue weighted by atomic mass is 9.98. The van der Waals surface area contributed by atoms with Crippen LogP contribution in [0.15, 0.2) is 18.2 Å². The molecule has 0 fully saturated rings. The van der Waals surface area contributed by atoms with Gasteiger partial charge in [-0.3, -0.25) is 4.31 Å². The lowest BCUT2D eigenvalue weighted by Gasteiger charge is -2.30. The second-order valence-corrected chi connectivity index (χ2v) is 6.71. The topological polar surface area (TPSA) is 49.4 Å². The van der Waals surface area contributed by atoms with E-state index in [9.17, 15) is 17.2 Å². The van der Waals surface area contributed by atoms with Gasteiger partial charge in [0.05, 0.1) is 5.69 Å². The van der Waals surface area contributed by atoms with Crippen molar-refractivity contribution in [2.24, 2.45) is 0 Å². The Balaban J connectivity index is 2.43. The van der Waals surface area contributed by atoms with Gasteiger partial charge in [-0.2, -0.15) is 8.78 Å². The number of nitrogens with zero attached hydrogens (tertiary/aromatic N) is 1. The van der Waals surface area contributed by atoms with Gasteiger partial charge in [0.25, 0.3) is 10.0 Å². The van der Waals surface area contributed by atoms with Crippen LogP contribution >= 0.6 is 0 Å². The number of aryl methyl sites for hydroxylation is 1. The van der Waals surface area contributed by atoms with Gasteiger partial charge in [-0.05, 0) is 44.0 Å². The summed E-state index contributed by atoms with van der Waals surface area (Å²) in [6.07, 6.45) is 1.26. The molecule has 1 aromatic rings. The molecule has 1 unspecified atom stereocenters. The quantitative estimate of drug-likeness (QED) is 0.928. The Morgan fingerprint density at radius 2 is 2.05 bits per heavy atom. The van der Waals surface area contributed by atoms with E-state index in [1.807, 2.05) is 20.0 Å². The van der Waals surface area contributed by atoms with Crippen LogP contribution in [0.3, 0.4) is 0 Å². The van der Waals surface area contributed by atoms with Crippen molar-refractivity contribution in [2.75, 3.05) is 17.9 Å². The lowest BCUT2D eigenvalue weighted by Crippen LogP contribution is -2.39. The highest BCUT2D eigenvalue weighted by Crippen LogP contribution is 2.33. The van der Waals surface area contributed by atoms with E-state index in [1.54, 1.807) is 12.1 Å². The first-order chi connectivity index (χ1) is 9.37. The zero-order chi connectivity index (χ0) is 14.9. The van der Waals surface area contributed by atoms with Gasteiger partial charge in [0.1, 0.15) is 0 Å². The van der Waals surface area contributed by atoms with Crippen LogP contribution in [0.1, 0.15) is 30.5 Å². The molecule has 0 aromatic heterocycles. The number of halogens is 2. The van der Waals surface area contributed by atoms with Crippen molar-refractivity contribution in [3.05, 3.63) is 29.3 Å². The fraction of sp³-hybridized carbons (Fsp3) is 0.538. The molecule has 0 saturated heterocycles. The molecule has 1 aliphatic rings. The molecule has 1 atom stereocenters. The summed E-state index contributed by atoms with van der Waals surface area (Å²) in [5, 5.41) is 3.10. The summed E-state index contributed by atoms with van der Waals surface area (Å²) in [4.78, 5) is 0. The van der Waals surface area contributed by atoms with Crippen molar-refractivity contribution in [1.29, 1.82) is 0 Å². The molecule has 0 aliphatic carbocycles. The minimum atomic E-state index is -4.57. The van der Waals surface area contributed by atoms with Crippen molar-refractivity contribution in [3.63, 3.8) is 0 Å². The molecular weight excluding hydrogens is 286 g/mol. The zero-order valence-electron chi connectivity index (χ0n) is 11.4. The Kier molecular flexibility index (Phi) is 4.29. The van der Waals surface area contributed by atoms with Gasteiger partial charge in [-0.25, -0.2) is 8.42 Å². The number of rotatable bonds is 4. The van der Waals surface area contributed by atoms with Crippen molar-refractivity contribution in [2.45, 2.75) is 31.6 Å². The first-order valence-corrected chi connectivity index (χ1v) is 7.98. The maximum absolute atomic E-state index is 12.7. The number of hydrogen-bond acceptors (Lipinski definition) is 3. The van der Waals surface area contributed by atoms with Crippen molar-refractivity contribution in [1.82, 2.24) is 5.32 Å². The molecule has 1 N–H and O–H groups in total. The summed E-state index contributed by atoms with van der Waals surface area (Å²) >= 11 is 0.